The van der Waals surface area contributed by atoms with Crippen LogP contribution in [0, 0.1) is 0 Å². The van der Waals surface area contributed by atoms with Crippen LogP contribution >= 0.6 is 35.6 Å². The van der Waals surface area contributed by atoms with Crippen LogP contribution in [0.1, 0.15) is 18.4 Å². The number of halogens is 2. The highest BCUT2D eigenvalue weighted by Gasteiger charge is 2.08. The maximum atomic E-state index is 5.91. The lowest BCUT2D eigenvalue weighted by Gasteiger charge is -2.11. The molecular formula is C21H25ClIN5O2. The molecule has 7 nitrogen and oxygen atoms in total. The molecule has 0 saturated carbocycles. The monoisotopic (exact) mass is 541 g/mol. The van der Waals surface area contributed by atoms with E-state index in [0.29, 0.717) is 29.2 Å². The lowest BCUT2D eigenvalue weighted by atomic mass is 10.1. The van der Waals surface area contributed by atoms with E-state index in [9.17, 15) is 0 Å². The summed E-state index contributed by atoms with van der Waals surface area (Å²) in [4.78, 5) is 8.91. The van der Waals surface area contributed by atoms with E-state index in [0.717, 1.165) is 30.8 Å². The number of hydrogen-bond acceptors (Lipinski definition) is 5. The third kappa shape index (κ3) is 7.17. The van der Waals surface area contributed by atoms with E-state index in [-0.39, 0.29) is 24.0 Å². The molecule has 2 aromatic carbocycles. The van der Waals surface area contributed by atoms with Crippen LogP contribution in [0.5, 0.6) is 5.75 Å². The maximum Gasteiger partial charge on any atom is 0.248 e. The lowest BCUT2D eigenvalue weighted by molar-refractivity contribution is 0.380. The summed E-state index contributed by atoms with van der Waals surface area (Å²) < 4.78 is 10.5. The highest BCUT2D eigenvalue weighted by Crippen LogP contribution is 2.18. The van der Waals surface area contributed by atoms with Gasteiger partial charge in [0.05, 0.1) is 7.11 Å². The van der Waals surface area contributed by atoms with E-state index in [1.165, 1.54) is 5.56 Å². The lowest BCUT2D eigenvalue weighted by Crippen LogP contribution is -2.38. The van der Waals surface area contributed by atoms with Crippen molar-refractivity contribution in [2.75, 3.05) is 20.2 Å². The predicted octanol–water partition coefficient (Wildman–Crippen LogP) is 4.31. The topological polar surface area (TPSA) is 84.6 Å². The first-order valence-corrected chi connectivity index (χ1v) is 9.79. The zero-order valence-corrected chi connectivity index (χ0v) is 20.0. The van der Waals surface area contributed by atoms with Crippen molar-refractivity contribution >= 4 is 41.5 Å². The molecule has 0 radical (unpaired) electrons. The zero-order chi connectivity index (χ0) is 20.5. The van der Waals surface area contributed by atoms with E-state index in [1.54, 1.807) is 19.2 Å². The molecule has 0 saturated heterocycles. The van der Waals surface area contributed by atoms with Crippen molar-refractivity contribution in [1.29, 1.82) is 0 Å². The molecule has 0 aliphatic carbocycles. The van der Waals surface area contributed by atoms with Gasteiger partial charge in [0.2, 0.25) is 11.7 Å². The average molecular weight is 542 g/mol. The number of aromatic nitrogens is 2. The van der Waals surface area contributed by atoms with Crippen LogP contribution in [0.2, 0.25) is 5.02 Å². The SMILES string of the molecule is CCNC(=NCc1nc(-c2ccc(Cl)cc2)no1)NCCc1ccc(OC)cc1.I. The van der Waals surface area contributed by atoms with Crippen molar-refractivity contribution in [2.24, 2.45) is 4.99 Å². The first-order valence-electron chi connectivity index (χ1n) is 9.41. The quantitative estimate of drug-likeness (QED) is 0.251. The van der Waals surface area contributed by atoms with E-state index >= 15 is 0 Å². The Morgan fingerprint density at radius 3 is 2.50 bits per heavy atom. The summed E-state index contributed by atoms with van der Waals surface area (Å²) in [5.41, 5.74) is 2.07. The van der Waals surface area contributed by atoms with Crippen molar-refractivity contribution in [3.63, 3.8) is 0 Å². The molecule has 0 fully saturated rings. The molecule has 0 spiro atoms. The summed E-state index contributed by atoms with van der Waals surface area (Å²) in [6.45, 7) is 3.82. The van der Waals surface area contributed by atoms with Crippen molar-refractivity contribution in [1.82, 2.24) is 20.8 Å². The summed E-state index contributed by atoms with van der Waals surface area (Å²) in [6.07, 6.45) is 0.871. The molecular weight excluding hydrogens is 517 g/mol. The van der Waals surface area contributed by atoms with Gasteiger partial charge in [0.15, 0.2) is 5.96 Å². The highest BCUT2D eigenvalue weighted by atomic mass is 127. The molecule has 1 aromatic heterocycles. The van der Waals surface area contributed by atoms with Gasteiger partial charge >= 0.3 is 0 Å². The van der Waals surface area contributed by atoms with Gasteiger partial charge in [-0.1, -0.05) is 28.9 Å². The van der Waals surface area contributed by atoms with Gasteiger partial charge in [-0.25, -0.2) is 4.99 Å². The van der Waals surface area contributed by atoms with E-state index in [4.69, 9.17) is 20.9 Å². The molecule has 3 aromatic rings. The summed E-state index contributed by atoms with van der Waals surface area (Å²) in [6, 6.07) is 15.3. The molecule has 160 valence electrons. The van der Waals surface area contributed by atoms with Gasteiger partial charge in [-0.2, -0.15) is 4.98 Å². The standard InChI is InChI=1S/C21H24ClN5O2.HI/c1-3-23-21(24-13-12-15-4-10-18(28-2)11-5-15)25-14-19-26-20(27-29-19)16-6-8-17(22)9-7-16;/h4-11H,3,12-14H2,1-2H3,(H2,23,24,25);1H. The zero-order valence-electron chi connectivity index (χ0n) is 16.9. The minimum atomic E-state index is 0. The Balaban J connectivity index is 0.00000320. The molecule has 1 heterocycles. The number of ether oxygens (including phenoxy) is 1. The van der Waals surface area contributed by atoms with E-state index < -0.39 is 0 Å². The second-order valence-electron chi connectivity index (χ2n) is 6.24. The van der Waals surface area contributed by atoms with Crippen molar-refractivity contribution < 1.29 is 9.26 Å². The number of methoxy groups -OCH3 is 1. The fourth-order valence-corrected chi connectivity index (χ4v) is 2.77. The smallest absolute Gasteiger partial charge is 0.248 e. The van der Waals surface area contributed by atoms with Crippen LogP contribution in [-0.4, -0.2) is 36.3 Å². The van der Waals surface area contributed by atoms with Gasteiger partial charge in [0.25, 0.3) is 0 Å². The summed E-state index contributed by atoms with van der Waals surface area (Å²) in [5.74, 6) is 2.52. The van der Waals surface area contributed by atoms with Crippen molar-refractivity contribution in [3.8, 4) is 17.1 Å². The minimum absolute atomic E-state index is 0. The largest absolute Gasteiger partial charge is 0.497 e. The Hall–Kier alpha value is -2.33. The molecule has 0 unspecified atom stereocenters. The van der Waals surface area contributed by atoms with Gasteiger partial charge in [-0.05, 0) is 55.3 Å². The Kier molecular flexibility index (Phi) is 9.88. The number of nitrogens with one attached hydrogen (secondary N) is 2. The molecule has 9 heteroatoms. The van der Waals surface area contributed by atoms with Crippen LogP contribution in [0.4, 0.5) is 0 Å². The Morgan fingerprint density at radius 1 is 1.10 bits per heavy atom. The van der Waals surface area contributed by atoms with Crippen molar-refractivity contribution in [3.05, 3.63) is 65.0 Å². The number of rotatable bonds is 8. The highest BCUT2D eigenvalue weighted by molar-refractivity contribution is 14.0. The van der Waals surface area contributed by atoms with Gasteiger partial charge < -0.3 is 19.9 Å². The fraction of sp³-hybridized carbons (Fsp3) is 0.286. The number of hydrogen-bond donors (Lipinski definition) is 2. The molecule has 0 bridgehead atoms. The molecule has 0 aliphatic heterocycles. The molecule has 0 amide bonds. The second kappa shape index (κ2) is 12.4. The van der Waals surface area contributed by atoms with Gasteiger partial charge in [-0.3, -0.25) is 0 Å². The van der Waals surface area contributed by atoms with Crippen LogP contribution in [-0.2, 0) is 13.0 Å². The normalized spacial score (nSPS) is 11.0. The Morgan fingerprint density at radius 2 is 1.83 bits per heavy atom. The predicted molar refractivity (Wildman–Crippen MR) is 130 cm³/mol. The van der Waals surface area contributed by atoms with Crippen LogP contribution in [0.3, 0.4) is 0 Å². The molecule has 3 rings (SSSR count). The fourth-order valence-electron chi connectivity index (χ4n) is 2.64. The minimum Gasteiger partial charge on any atom is -0.497 e. The number of aliphatic imine (C=N–C) groups is 1. The van der Waals surface area contributed by atoms with Crippen molar-refractivity contribution in [2.45, 2.75) is 19.9 Å². The third-order valence-corrected chi connectivity index (χ3v) is 4.40. The first kappa shape index (κ1) is 23.9. The summed E-state index contributed by atoms with van der Waals surface area (Å²) in [7, 11) is 1.66. The van der Waals surface area contributed by atoms with Crippen LogP contribution in [0.25, 0.3) is 11.4 Å². The number of guanidine groups is 1. The third-order valence-electron chi connectivity index (χ3n) is 4.15. The van der Waals surface area contributed by atoms with Gasteiger partial charge in [0, 0.05) is 23.7 Å². The van der Waals surface area contributed by atoms with Gasteiger partial charge in [-0.15, -0.1) is 24.0 Å². The number of benzene rings is 2. The summed E-state index contributed by atoms with van der Waals surface area (Å²) >= 11 is 5.91. The number of nitrogens with zero attached hydrogens (tertiary/aromatic N) is 3. The maximum absolute atomic E-state index is 5.91. The molecule has 0 aliphatic rings. The molecule has 0 atom stereocenters. The van der Waals surface area contributed by atoms with E-state index in [2.05, 4.69) is 37.9 Å². The first-order chi connectivity index (χ1) is 14.2. The second-order valence-corrected chi connectivity index (χ2v) is 6.68. The Bertz CT molecular complexity index is 929. The van der Waals surface area contributed by atoms with Gasteiger partial charge in [0.1, 0.15) is 12.3 Å². The summed E-state index contributed by atoms with van der Waals surface area (Å²) in [5, 5.41) is 11.2. The van der Waals surface area contributed by atoms with Crippen LogP contribution in [0.15, 0.2) is 58.0 Å². The Labute approximate surface area is 198 Å². The molecule has 2 N–H and O–H groups in total. The average Bonchev–Trinajstić information content (AvgIpc) is 3.22. The van der Waals surface area contributed by atoms with Crippen LogP contribution < -0.4 is 15.4 Å². The van der Waals surface area contributed by atoms with E-state index in [1.807, 2.05) is 31.2 Å². The molecule has 30 heavy (non-hydrogen) atoms.